The second-order valence-corrected chi connectivity index (χ2v) is 6.79. The Kier molecular flexibility index (Phi) is 5.21. The van der Waals surface area contributed by atoms with Crippen LogP contribution in [0.2, 0.25) is 0 Å². The summed E-state index contributed by atoms with van der Waals surface area (Å²) in [5.41, 5.74) is 3.04. The molecule has 1 aromatic heterocycles. The van der Waals surface area contributed by atoms with Crippen LogP contribution >= 0.6 is 0 Å². The summed E-state index contributed by atoms with van der Waals surface area (Å²) in [4.78, 5) is 0. The van der Waals surface area contributed by atoms with Crippen LogP contribution in [0.5, 0.6) is 0 Å². The average molecular weight is 340 g/mol. The standard InChI is InChI=1S/C21H25FN2O/c1-14(2)18-13-24(19-10-5-4-9-17(18)19)21(20(25)12-23-3)15-7-6-8-16(22)11-15/h4-11,13-14,20-21,23,25H,12H2,1-3H3/t20-,21+/m1/s1. The summed E-state index contributed by atoms with van der Waals surface area (Å²) >= 11 is 0. The van der Waals surface area contributed by atoms with Crippen LogP contribution in [0.3, 0.4) is 0 Å². The Balaban J connectivity index is 2.21. The van der Waals surface area contributed by atoms with E-state index in [1.165, 1.54) is 23.1 Å². The Morgan fingerprint density at radius 1 is 1.12 bits per heavy atom. The highest BCUT2D eigenvalue weighted by Crippen LogP contribution is 2.33. The van der Waals surface area contributed by atoms with E-state index in [0.717, 1.165) is 11.1 Å². The number of likely N-dealkylation sites (N-methyl/N-ethyl adjacent to an activating group) is 1. The summed E-state index contributed by atoms with van der Waals surface area (Å²) in [6, 6.07) is 14.3. The zero-order valence-electron chi connectivity index (χ0n) is 14.9. The minimum atomic E-state index is -0.678. The number of hydrogen-bond acceptors (Lipinski definition) is 2. The third kappa shape index (κ3) is 3.46. The highest BCUT2D eigenvalue weighted by molar-refractivity contribution is 5.84. The van der Waals surface area contributed by atoms with Crippen LogP contribution in [0.15, 0.2) is 54.7 Å². The lowest BCUT2D eigenvalue weighted by Gasteiger charge is -2.26. The second kappa shape index (κ2) is 7.38. The van der Waals surface area contributed by atoms with Gasteiger partial charge in [0, 0.05) is 23.6 Å². The van der Waals surface area contributed by atoms with Gasteiger partial charge in [0.05, 0.1) is 12.1 Å². The van der Waals surface area contributed by atoms with Gasteiger partial charge in [0.15, 0.2) is 0 Å². The first-order chi connectivity index (χ1) is 12.0. The largest absolute Gasteiger partial charge is 0.389 e. The van der Waals surface area contributed by atoms with Crippen molar-refractivity contribution in [3.8, 4) is 0 Å². The van der Waals surface area contributed by atoms with Crippen LogP contribution in [0.25, 0.3) is 10.9 Å². The molecule has 0 aliphatic heterocycles. The first-order valence-electron chi connectivity index (χ1n) is 8.70. The second-order valence-electron chi connectivity index (χ2n) is 6.79. The number of aromatic nitrogens is 1. The molecular formula is C21H25FN2O. The van der Waals surface area contributed by atoms with Gasteiger partial charge in [-0.05, 0) is 42.3 Å². The van der Waals surface area contributed by atoms with E-state index in [-0.39, 0.29) is 11.9 Å². The van der Waals surface area contributed by atoms with Crippen LogP contribution in [-0.2, 0) is 0 Å². The predicted octanol–water partition coefficient (Wildman–Crippen LogP) is 4.07. The van der Waals surface area contributed by atoms with Gasteiger partial charge in [-0.1, -0.05) is 44.2 Å². The molecule has 3 rings (SSSR count). The van der Waals surface area contributed by atoms with Crippen molar-refractivity contribution in [3.63, 3.8) is 0 Å². The number of rotatable bonds is 6. The minimum Gasteiger partial charge on any atom is -0.389 e. The van der Waals surface area contributed by atoms with Gasteiger partial charge in [0.2, 0.25) is 0 Å². The van der Waals surface area contributed by atoms with Gasteiger partial charge < -0.3 is 15.0 Å². The van der Waals surface area contributed by atoms with E-state index in [9.17, 15) is 9.50 Å². The summed E-state index contributed by atoms with van der Waals surface area (Å²) in [5.74, 6) is 0.0699. The molecule has 0 bridgehead atoms. The van der Waals surface area contributed by atoms with E-state index in [2.05, 4.69) is 42.1 Å². The lowest BCUT2D eigenvalue weighted by atomic mass is 10.0. The number of hydrogen-bond donors (Lipinski definition) is 2. The molecule has 3 aromatic rings. The van der Waals surface area contributed by atoms with Gasteiger partial charge in [0.1, 0.15) is 5.82 Å². The number of aliphatic hydroxyl groups is 1. The van der Waals surface area contributed by atoms with Crippen molar-refractivity contribution in [2.24, 2.45) is 0 Å². The number of nitrogens with zero attached hydrogens (tertiary/aromatic N) is 1. The predicted molar refractivity (Wildman–Crippen MR) is 100 cm³/mol. The monoisotopic (exact) mass is 340 g/mol. The molecule has 4 heteroatoms. The van der Waals surface area contributed by atoms with Crippen molar-refractivity contribution >= 4 is 10.9 Å². The fourth-order valence-electron chi connectivity index (χ4n) is 3.50. The molecule has 3 nitrogen and oxygen atoms in total. The average Bonchev–Trinajstić information content (AvgIpc) is 2.95. The zero-order valence-corrected chi connectivity index (χ0v) is 14.9. The molecule has 132 valence electrons. The van der Waals surface area contributed by atoms with Gasteiger partial charge in [-0.25, -0.2) is 4.39 Å². The van der Waals surface area contributed by atoms with E-state index in [0.29, 0.717) is 12.5 Å². The molecular weight excluding hydrogens is 315 g/mol. The van der Waals surface area contributed by atoms with Crippen molar-refractivity contribution in [2.45, 2.75) is 31.9 Å². The smallest absolute Gasteiger partial charge is 0.123 e. The highest BCUT2D eigenvalue weighted by atomic mass is 19.1. The maximum absolute atomic E-state index is 13.8. The normalized spacial score (nSPS) is 14.2. The van der Waals surface area contributed by atoms with Crippen LogP contribution in [0, 0.1) is 5.82 Å². The van der Waals surface area contributed by atoms with E-state index >= 15 is 0 Å². The molecule has 0 saturated carbocycles. The molecule has 2 atom stereocenters. The molecule has 0 aliphatic rings. The van der Waals surface area contributed by atoms with Crippen molar-refractivity contribution in [1.82, 2.24) is 9.88 Å². The molecule has 0 saturated heterocycles. The molecule has 0 radical (unpaired) electrons. The van der Waals surface area contributed by atoms with E-state index in [1.807, 2.05) is 18.2 Å². The molecule has 0 aliphatic carbocycles. The lowest BCUT2D eigenvalue weighted by Crippen LogP contribution is -2.33. The summed E-state index contributed by atoms with van der Waals surface area (Å²) in [6.45, 7) is 4.74. The maximum Gasteiger partial charge on any atom is 0.123 e. The van der Waals surface area contributed by atoms with E-state index < -0.39 is 6.10 Å². The molecule has 1 heterocycles. The fraction of sp³-hybridized carbons (Fsp3) is 0.333. The molecule has 0 fully saturated rings. The van der Waals surface area contributed by atoms with Gasteiger partial charge in [0.25, 0.3) is 0 Å². The molecule has 25 heavy (non-hydrogen) atoms. The van der Waals surface area contributed by atoms with Gasteiger partial charge >= 0.3 is 0 Å². The van der Waals surface area contributed by atoms with Crippen LogP contribution in [-0.4, -0.2) is 29.4 Å². The number of para-hydroxylation sites is 1. The molecule has 0 spiro atoms. The number of aliphatic hydroxyl groups excluding tert-OH is 1. The van der Waals surface area contributed by atoms with Crippen LogP contribution in [0.4, 0.5) is 4.39 Å². The van der Waals surface area contributed by atoms with Gasteiger partial charge in [-0.2, -0.15) is 0 Å². The van der Waals surface area contributed by atoms with Crippen molar-refractivity contribution in [1.29, 1.82) is 0 Å². The lowest BCUT2D eigenvalue weighted by molar-refractivity contribution is 0.132. The van der Waals surface area contributed by atoms with Crippen LogP contribution < -0.4 is 5.32 Å². The highest BCUT2D eigenvalue weighted by Gasteiger charge is 2.25. The number of benzene rings is 2. The van der Waals surface area contributed by atoms with E-state index in [4.69, 9.17) is 0 Å². The first-order valence-corrected chi connectivity index (χ1v) is 8.70. The van der Waals surface area contributed by atoms with Gasteiger partial charge in [-0.15, -0.1) is 0 Å². The summed E-state index contributed by atoms with van der Waals surface area (Å²) in [7, 11) is 1.80. The van der Waals surface area contributed by atoms with Gasteiger partial charge in [-0.3, -0.25) is 0 Å². The molecule has 2 N–H and O–H groups in total. The SMILES string of the molecule is CNC[C@@H](O)[C@H](c1cccc(F)c1)n1cc(C(C)C)c2ccccc21. The Morgan fingerprint density at radius 2 is 1.88 bits per heavy atom. The molecule has 2 aromatic carbocycles. The Hall–Kier alpha value is -2.17. The maximum atomic E-state index is 13.8. The Bertz CT molecular complexity index is 856. The van der Waals surface area contributed by atoms with E-state index in [1.54, 1.807) is 13.1 Å². The topological polar surface area (TPSA) is 37.2 Å². The fourth-order valence-corrected chi connectivity index (χ4v) is 3.50. The summed E-state index contributed by atoms with van der Waals surface area (Å²) in [5, 5.41) is 15.0. The van der Waals surface area contributed by atoms with Crippen LogP contribution in [0.1, 0.15) is 36.9 Å². The number of halogens is 1. The Morgan fingerprint density at radius 3 is 2.56 bits per heavy atom. The van der Waals surface area contributed by atoms with Crippen molar-refractivity contribution in [2.75, 3.05) is 13.6 Å². The molecule has 0 amide bonds. The summed E-state index contributed by atoms with van der Waals surface area (Å²) in [6.07, 6.45) is 1.42. The van der Waals surface area contributed by atoms with Crippen molar-refractivity contribution in [3.05, 3.63) is 71.7 Å². The summed E-state index contributed by atoms with van der Waals surface area (Å²) < 4.78 is 15.9. The minimum absolute atomic E-state index is 0.292. The Labute approximate surface area is 148 Å². The third-order valence-electron chi connectivity index (χ3n) is 4.66. The first kappa shape index (κ1) is 17.6. The zero-order chi connectivity index (χ0) is 18.0. The number of nitrogens with one attached hydrogen (secondary N) is 1. The molecule has 0 unspecified atom stereocenters. The third-order valence-corrected chi connectivity index (χ3v) is 4.66. The quantitative estimate of drug-likeness (QED) is 0.710. The van der Waals surface area contributed by atoms with Crippen molar-refractivity contribution < 1.29 is 9.50 Å². The number of fused-ring (bicyclic) bond motifs is 1.